The highest BCUT2D eigenvalue weighted by Gasteiger charge is 2.16. The number of amides is 1. The predicted molar refractivity (Wildman–Crippen MR) is 78.8 cm³/mol. The Morgan fingerprint density at radius 1 is 1.30 bits per heavy atom. The molecule has 1 aliphatic rings. The molecule has 1 unspecified atom stereocenters. The summed E-state index contributed by atoms with van der Waals surface area (Å²) in [5.41, 5.74) is 0.335. The summed E-state index contributed by atoms with van der Waals surface area (Å²) in [6, 6.07) is 3.95. The molecule has 1 aromatic heterocycles. The average molecular weight is 277 g/mol. The fraction of sp³-hybridized carbons (Fsp3) is 0.643. The molecule has 0 aromatic carbocycles. The Balaban J connectivity index is 1.82. The molecule has 1 saturated heterocycles. The van der Waals surface area contributed by atoms with Gasteiger partial charge in [0.05, 0.1) is 0 Å². The van der Waals surface area contributed by atoms with E-state index in [1.165, 1.54) is 32.4 Å². The third-order valence-corrected chi connectivity index (χ3v) is 3.72. The summed E-state index contributed by atoms with van der Waals surface area (Å²) < 4.78 is 0. The van der Waals surface area contributed by atoms with Crippen LogP contribution in [0.1, 0.15) is 36.7 Å². The van der Waals surface area contributed by atoms with Crippen molar-refractivity contribution in [2.75, 3.05) is 32.0 Å². The van der Waals surface area contributed by atoms with Gasteiger partial charge in [-0.3, -0.25) is 9.69 Å². The monoisotopic (exact) mass is 277 g/mol. The summed E-state index contributed by atoms with van der Waals surface area (Å²) in [5, 5.41) is 13.7. The maximum atomic E-state index is 11.4. The van der Waals surface area contributed by atoms with Gasteiger partial charge in [-0.15, -0.1) is 10.2 Å². The number of hydrogen-bond acceptors (Lipinski definition) is 5. The number of aromatic nitrogens is 2. The molecular formula is C14H23N5O. The van der Waals surface area contributed by atoms with E-state index in [2.05, 4.69) is 32.7 Å². The van der Waals surface area contributed by atoms with Crippen molar-refractivity contribution in [1.29, 1.82) is 0 Å². The van der Waals surface area contributed by atoms with Gasteiger partial charge in [0.15, 0.2) is 5.69 Å². The molecule has 1 fully saturated rings. The Morgan fingerprint density at radius 3 is 2.65 bits per heavy atom. The van der Waals surface area contributed by atoms with Crippen LogP contribution in [0, 0.1) is 0 Å². The Morgan fingerprint density at radius 2 is 2.05 bits per heavy atom. The van der Waals surface area contributed by atoms with Gasteiger partial charge in [-0.05, 0) is 45.0 Å². The van der Waals surface area contributed by atoms with Crippen LogP contribution in [0.2, 0.25) is 0 Å². The maximum absolute atomic E-state index is 11.4. The normalized spacial score (nSPS) is 17.5. The number of anilines is 1. The van der Waals surface area contributed by atoms with E-state index in [-0.39, 0.29) is 5.91 Å². The summed E-state index contributed by atoms with van der Waals surface area (Å²) >= 11 is 0. The first-order chi connectivity index (χ1) is 9.70. The van der Waals surface area contributed by atoms with Gasteiger partial charge in [0.2, 0.25) is 0 Å². The molecule has 2 rings (SSSR count). The highest BCUT2D eigenvalue weighted by molar-refractivity contribution is 5.91. The van der Waals surface area contributed by atoms with E-state index in [4.69, 9.17) is 0 Å². The molecule has 20 heavy (non-hydrogen) atoms. The Bertz CT molecular complexity index is 428. The summed E-state index contributed by atoms with van der Waals surface area (Å²) in [6.07, 6.45) is 3.94. The van der Waals surface area contributed by atoms with Gasteiger partial charge in [-0.25, -0.2) is 0 Å². The maximum Gasteiger partial charge on any atom is 0.271 e. The summed E-state index contributed by atoms with van der Waals surface area (Å²) in [4.78, 5) is 13.9. The lowest BCUT2D eigenvalue weighted by molar-refractivity contribution is 0.0957. The number of piperidine rings is 1. The van der Waals surface area contributed by atoms with Crippen molar-refractivity contribution in [3.8, 4) is 0 Å². The van der Waals surface area contributed by atoms with Crippen LogP contribution < -0.4 is 10.6 Å². The Hall–Kier alpha value is -1.69. The molecule has 2 N–H and O–H groups in total. The van der Waals surface area contributed by atoms with Gasteiger partial charge in [-0.2, -0.15) is 0 Å². The van der Waals surface area contributed by atoms with Crippen LogP contribution in [0.5, 0.6) is 0 Å². The van der Waals surface area contributed by atoms with Gasteiger partial charge in [0.1, 0.15) is 5.82 Å². The average Bonchev–Trinajstić information content (AvgIpc) is 2.53. The van der Waals surface area contributed by atoms with Gasteiger partial charge < -0.3 is 10.6 Å². The third-order valence-electron chi connectivity index (χ3n) is 3.72. The molecule has 6 heteroatoms. The van der Waals surface area contributed by atoms with E-state index in [0.717, 1.165) is 6.54 Å². The number of nitrogens with one attached hydrogen (secondary N) is 2. The summed E-state index contributed by atoms with van der Waals surface area (Å²) in [5.74, 6) is 0.493. The first-order valence-electron chi connectivity index (χ1n) is 7.24. The van der Waals surface area contributed by atoms with Crippen molar-refractivity contribution in [2.24, 2.45) is 0 Å². The standard InChI is InChI=1S/C14H23N5O/c1-11(19-8-4-3-5-9-19)10-16-13-7-6-12(17-18-13)14(20)15-2/h6-7,11H,3-5,8-10H2,1-2H3,(H,15,20)(H,16,18). The van der Waals surface area contributed by atoms with E-state index < -0.39 is 0 Å². The van der Waals surface area contributed by atoms with Crippen LogP contribution >= 0.6 is 0 Å². The van der Waals surface area contributed by atoms with E-state index in [1.54, 1.807) is 19.2 Å². The van der Waals surface area contributed by atoms with Gasteiger partial charge in [0.25, 0.3) is 5.91 Å². The van der Waals surface area contributed by atoms with E-state index in [9.17, 15) is 4.79 Å². The summed E-state index contributed by atoms with van der Waals surface area (Å²) in [7, 11) is 1.58. The molecule has 1 atom stereocenters. The van der Waals surface area contributed by atoms with Crippen molar-refractivity contribution in [3.63, 3.8) is 0 Å². The summed E-state index contributed by atoms with van der Waals surface area (Å²) in [6.45, 7) is 5.44. The van der Waals surface area contributed by atoms with Crippen LogP contribution in [-0.4, -0.2) is 53.7 Å². The zero-order chi connectivity index (χ0) is 14.4. The highest BCUT2D eigenvalue weighted by Crippen LogP contribution is 2.12. The Labute approximate surface area is 120 Å². The molecule has 1 amide bonds. The highest BCUT2D eigenvalue weighted by atomic mass is 16.1. The van der Waals surface area contributed by atoms with Crippen molar-refractivity contribution in [2.45, 2.75) is 32.2 Å². The number of hydrogen-bond donors (Lipinski definition) is 2. The SMILES string of the molecule is CNC(=O)c1ccc(NCC(C)N2CCCCC2)nn1. The van der Waals surface area contributed by atoms with Crippen LogP contribution in [0.3, 0.4) is 0 Å². The number of nitrogens with zero attached hydrogens (tertiary/aromatic N) is 3. The zero-order valence-electron chi connectivity index (χ0n) is 12.2. The number of rotatable bonds is 5. The fourth-order valence-electron chi connectivity index (χ4n) is 2.42. The second-order valence-corrected chi connectivity index (χ2v) is 5.21. The van der Waals surface area contributed by atoms with Gasteiger partial charge >= 0.3 is 0 Å². The molecule has 1 aromatic rings. The topological polar surface area (TPSA) is 70.2 Å². The molecule has 0 bridgehead atoms. The van der Waals surface area contributed by atoms with Crippen molar-refractivity contribution >= 4 is 11.7 Å². The molecule has 0 radical (unpaired) electrons. The second kappa shape index (κ2) is 7.19. The Kier molecular flexibility index (Phi) is 5.29. The van der Waals surface area contributed by atoms with Crippen LogP contribution in [-0.2, 0) is 0 Å². The second-order valence-electron chi connectivity index (χ2n) is 5.21. The molecule has 0 spiro atoms. The van der Waals surface area contributed by atoms with Crippen LogP contribution in [0.4, 0.5) is 5.82 Å². The minimum absolute atomic E-state index is 0.217. The molecule has 110 valence electrons. The van der Waals surface area contributed by atoms with Gasteiger partial charge in [-0.1, -0.05) is 6.42 Å². The van der Waals surface area contributed by atoms with Crippen molar-refractivity contribution in [1.82, 2.24) is 20.4 Å². The minimum atomic E-state index is -0.217. The number of likely N-dealkylation sites (tertiary alicyclic amines) is 1. The van der Waals surface area contributed by atoms with E-state index >= 15 is 0 Å². The predicted octanol–water partition coefficient (Wildman–Crippen LogP) is 1.12. The zero-order valence-corrected chi connectivity index (χ0v) is 12.2. The molecule has 0 aliphatic carbocycles. The third kappa shape index (κ3) is 3.90. The molecule has 0 saturated carbocycles. The lowest BCUT2D eigenvalue weighted by atomic mass is 10.1. The molecule has 1 aliphatic heterocycles. The first-order valence-corrected chi connectivity index (χ1v) is 7.24. The first kappa shape index (κ1) is 14.7. The molecule has 2 heterocycles. The minimum Gasteiger partial charge on any atom is -0.367 e. The van der Waals surface area contributed by atoms with E-state index in [0.29, 0.717) is 17.6 Å². The fourth-order valence-corrected chi connectivity index (χ4v) is 2.42. The number of carbonyl (C=O) groups is 1. The van der Waals surface area contributed by atoms with Crippen molar-refractivity contribution < 1.29 is 4.79 Å². The van der Waals surface area contributed by atoms with Crippen molar-refractivity contribution in [3.05, 3.63) is 17.8 Å². The quantitative estimate of drug-likeness (QED) is 0.844. The largest absolute Gasteiger partial charge is 0.367 e. The molecular weight excluding hydrogens is 254 g/mol. The van der Waals surface area contributed by atoms with Gasteiger partial charge in [0, 0.05) is 19.6 Å². The number of carbonyl (C=O) groups excluding carboxylic acids is 1. The lowest BCUT2D eigenvalue weighted by Crippen LogP contribution is -2.41. The molecule has 6 nitrogen and oxygen atoms in total. The lowest BCUT2D eigenvalue weighted by Gasteiger charge is -2.32. The van der Waals surface area contributed by atoms with Crippen LogP contribution in [0.25, 0.3) is 0 Å². The van der Waals surface area contributed by atoms with Crippen LogP contribution in [0.15, 0.2) is 12.1 Å². The van der Waals surface area contributed by atoms with E-state index in [1.807, 2.05) is 0 Å². The smallest absolute Gasteiger partial charge is 0.271 e.